The van der Waals surface area contributed by atoms with E-state index in [4.69, 9.17) is 4.74 Å². The van der Waals surface area contributed by atoms with Crippen LogP contribution in [0.25, 0.3) is 0 Å². The van der Waals surface area contributed by atoms with E-state index in [0.29, 0.717) is 18.7 Å². The third-order valence-corrected chi connectivity index (χ3v) is 3.98. The van der Waals surface area contributed by atoms with Gasteiger partial charge in [-0.1, -0.05) is 25.5 Å². The Hall–Kier alpha value is -1.96. The molecule has 0 bridgehead atoms. The minimum Gasteiger partial charge on any atom is -0.445 e. The minimum absolute atomic E-state index is 0.0151. The highest BCUT2D eigenvalue weighted by molar-refractivity contribution is 5.67. The van der Waals surface area contributed by atoms with E-state index >= 15 is 0 Å². The zero-order valence-corrected chi connectivity index (χ0v) is 14.2. The Balaban J connectivity index is 1.73. The Morgan fingerprint density at radius 3 is 2.32 bits per heavy atom. The number of piperazine rings is 1. The molecule has 1 aromatic carbocycles. The smallest absolute Gasteiger partial charge is 0.445 e. The molecule has 1 heterocycles. The molecule has 1 fully saturated rings. The van der Waals surface area contributed by atoms with E-state index in [2.05, 4.69) is 16.6 Å². The van der Waals surface area contributed by atoms with Crippen molar-refractivity contribution in [2.75, 3.05) is 32.7 Å². The number of ether oxygens (including phenoxy) is 2. The number of alkyl halides is 3. The maximum atomic E-state index is 12.1. The van der Waals surface area contributed by atoms with Gasteiger partial charge in [-0.15, -0.1) is 13.2 Å². The van der Waals surface area contributed by atoms with Crippen LogP contribution in [0, 0.1) is 0 Å². The second kappa shape index (κ2) is 8.94. The van der Waals surface area contributed by atoms with Gasteiger partial charge in [-0.2, -0.15) is 0 Å². The SMILES string of the molecule is CCCCN1CCN(C(=O)OCc2ccc(OC(F)(F)F)cc2)CC1. The molecule has 140 valence electrons. The fraction of sp³-hybridized carbons (Fsp3) is 0.588. The van der Waals surface area contributed by atoms with Gasteiger partial charge < -0.3 is 14.4 Å². The molecular weight excluding hydrogens is 337 g/mol. The van der Waals surface area contributed by atoms with Crippen molar-refractivity contribution in [1.82, 2.24) is 9.80 Å². The van der Waals surface area contributed by atoms with Gasteiger partial charge in [0, 0.05) is 26.2 Å². The van der Waals surface area contributed by atoms with Gasteiger partial charge in [0.05, 0.1) is 0 Å². The first-order valence-corrected chi connectivity index (χ1v) is 8.36. The summed E-state index contributed by atoms with van der Waals surface area (Å²) in [6, 6.07) is 5.28. The monoisotopic (exact) mass is 360 g/mol. The molecule has 1 aliphatic heterocycles. The first kappa shape index (κ1) is 19.4. The van der Waals surface area contributed by atoms with Crippen LogP contribution in [-0.2, 0) is 11.3 Å². The molecule has 8 heteroatoms. The molecule has 0 N–H and O–H groups in total. The Kier molecular flexibility index (Phi) is 6.92. The van der Waals surface area contributed by atoms with Gasteiger partial charge in [0.2, 0.25) is 0 Å². The largest absolute Gasteiger partial charge is 0.573 e. The second-order valence-corrected chi connectivity index (χ2v) is 5.93. The first-order chi connectivity index (χ1) is 11.9. The highest BCUT2D eigenvalue weighted by Gasteiger charge is 2.31. The molecule has 1 aliphatic rings. The summed E-state index contributed by atoms with van der Waals surface area (Å²) in [5, 5.41) is 0. The van der Waals surface area contributed by atoms with Crippen molar-refractivity contribution < 1.29 is 27.4 Å². The fourth-order valence-corrected chi connectivity index (χ4v) is 2.56. The van der Waals surface area contributed by atoms with E-state index in [1.807, 2.05) is 0 Å². The van der Waals surface area contributed by atoms with Crippen LogP contribution >= 0.6 is 0 Å². The Morgan fingerprint density at radius 2 is 1.76 bits per heavy atom. The van der Waals surface area contributed by atoms with Crippen LogP contribution in [-0.4, -0.2) is 55.0 Å². The van der Waals surface area contributed by atoms with Crippen molar-refractivity contribution in [1.29, 1.82) is 0 Å². The Bertz CT molecular complexity index is 541. The van der Waals surface area contributed by atoms with Crippen LogP contribution < -0.4 is 4.74 Å². The number of rotatable bonds is 6. The summed E-state index contributed by atoms with van der Waals surface area (Å²) in [6.45, 7) is 6.13. The number of hydrogen-bond acceptors (Lipinski definition) is 4. The number of amides is 1. The van der Waals surface area contributed by atoms with Gasteiger partial charge in [-0.25, -0.2) is 4.79 Å². The fourth-order valence-electron chi connectivity index (χ4n) is 2.56. The molecule has 1 aromatic rings. The number of hydrogen-bond donors (Lipinski definition) is 0. The lowest BCUT2D eigenvalue weighted by atomic mass is 10.2. The average molecular weight is 360 g/mol. The zero-order chi connectivity index (χ0) is 18.3. The maximum absolute atomic E-state index is 12.1. The Labute approximate surface area is 145 Å². The molecule has 25 heavy (non-hydrogen) atoms. The standard InChI is InChI=1S/C17H23F3N2O3/c1-2-3-8-21-9-11-22(12-10-21)16(23)24-13-14-4-6-15(7-5-14)25-17(18,19)20/h4-7H,2-3,8-13H2,1H3. The predicted octanol–water partition coefficient (Wildman–Crippen LogP) is 3.64. The number of unbranched alkanes of at least 4 members (excludes halogenated alkanes) is 1. The number of nitrogens with zero attached hydrogens (tertiary/aromatic N) is 2. The van der Waals surface area contributed by atoms with Crippen molar-refractivity contribution in [2.45, 2.75) is 32.7 Å². The highest BCUT2D eigenvalue weighted by atomic mass is 19.4. The number of carbonyl (C=O) groups excluding carboxylic acids is 1. The molecular formula is C17H23F3N2O3. The highest BCUT2D eigenvalue weighted by Crippen LogP contribution is 2.23. The summed E-state index contributed by atoms with van der Waals surface area (Å²) in [4.78, 5) is 16.0. The molecule has 2 rings (SSSR count). The van der Waals surface area contributed by atoms with E-state index < -0.39 is 12.5 Å². The molecule has 1 amide bonds. The number of halogens is 3. The third-order valence-electron chi connectivity index (χ3n) is 3.98. The molecule has 5 nitrogen and oxygen atoms in total. The van der Waals surface area contributed by atoms with Gasteiger partial charge in [-0.3, -0.25) is 4.90 Å². The van der Waals surface area contributed by atoms with Gasteiger partial charge in [0.15, 0.2) is 0 Å². The lowest BCUT2D eigenvalue weighted by Crippen LogP contribution is -2.48. The topological polar surface area (TPSA) is 42.0 Å². The molecule has 0 saturated carbocycles. The molecule has 1 saturated heterocycles. The maximum Gasteiger partial charge on any atom is 0.573 e. The molecule has 0 spiro atoms. The van der Waals surface area contributed by atoms with E-state index in [1.54, 1.807) is 4.90 Å². The third kappa shape index (κ3) is 6.81. The summed E-state index contributed by atoms with van der Waals surface area (Å²) in [7, 11) is 0. The Morgan fingerprint density at radius 1 is 1.12 bits per heavy atom. The van der Waals surface area contributed by atoms with Crippen LogP contribution in [0.3, 0.4) is 0 Å². The molecule has 0 aliphatic carbocycles. The summed E-state index contributed by atoms with van der Waals surface area (Å²) >= 11 is 0. The molecule has 0 radical (unpaired) electrons. The van der Waals surface area contributed by atoms with Gasteiger partial charge >= 0.3 is 12.5 Å². The zero-order valence-electron chi connectivity index (χ0n) is 14.2. The summed E-state index contributed by atoms with van der Waals surface area (Å²) in [6.07, 6.45) is -2.81. The number of carbonyl (C=O) groups is 1. The molecule has 0 unspecified atom stereocenters. The van der Waals surface area contributed by atoms with Crippen LogP contribution in [0.4, 0.5) is 18.0 Å². The van der Waals surface area contributed by atoms with Gasteiger partial charge in [-0.05, 0) is 30.7 Å². The summed E-state index contributed by atoms with van der Waals surface area (Å²) in [5.41, 5.74) is 0.601. The van der Waals surface area contributed by atoms with Gasteiger partial charge in [0.1, 0.15) is 12.4 Å². The van der Waals surface area contributed by atoms with Crippen molar-refractivity contribution in [3.8, 4) is 5.75 Å². The van der Waals surface area contributed by atoms with Crippen LogP contribution in [0.2, 0.25) is 0 Å². The van der Waals surface area contributed by atoms with E-state index in [0.717, 1.165) is 32.5 Å². The van der Waals surface area contributed by atoms with Crippen molar-refractivity contribution in [3.05, 3.63) is 29.8 Å². The van der Waals surface area contributed by atoms with Crippen molar-refractivity contribution >= 4 is 6.09 Å². The molecule has 0 atom stereocenters. The lowest BCUT2D eigenvalue weighted by Gasteiger charge is -2.34. The summed E-state index contributed by atoms with van der Waals surface area (Å²) < 4.78 is 45.3. The average Bonchev–Trinajstić information content (AvgIpc) is 2.58. The van der Waals surface area contributed by atoms with Crippen molar-refractivity contribution in [3.63, 3.8) is 0 Å². The van der Waals surface area contributed by atoms with Crippen LogP contribution in [0.1, 0.15) is 25.3 Å². The normalized spacial score (nSPS) is 15.9. The van der Waals surface area contributed by atoms with E-state index in [-0.39, 0.29) is 12.4 Å². The summed E-state index contributed by atoms with van der Waals surface area (Å²) in [5.74, 6) is -0.300. The first-order valence-electron chi connectivity index (χ1n) is 8.36. The van der Waals surface area contributed by atoms with E-state index in [9.17, 15) is 18.0 Å². The lowest BCUT2D eigenvalue weighted by molar-refractivity contribution is -0.274. The quantitative estimate of drug-likeness (QED) is 0.777. The predicted molar refractivity (Wildman–Crippen MR) is 86.2 cm³/mol. The number of benzene rings is 1. The van der Waals surface area contributed by atoms with Crippen LogP contribution in [0.5, 0.6) is 5.75 Å². The van der Waals surface area contributed by atoms with Gasteiger partial charge in [0.25, 0.3) is 0 Å². The van der Waals surface area contributed by atoms with Crippen molar-refractivity contribution in [2.24, 2.45) is 0 Å². The second-order valence-electron chi connectivity index (χ2n) is 5.93. The minimum atomic E-state index is -4.72. The van der Waals surface area contributed by atoms with E-state index in [1.165, 1.54) is 24.3 Å². The molecule has 0 aromatic heterocycles. The van der Waals surface area contributed by atoms with Crippen LogP contribution in [0.15, 0.2) is 24.3 Å².